The third kappa shape index (κ3) is 4.68. The quantitative estimate of drug-likeness (QED) is 0.415. The SMILES string of the molecule is C/C=C/C(=O)OCC#Cc1ccccc1. The average molecular weight is 200 g/mol. The Labute approximate surface area is 89.6 Å². The largest absolute Gasteiger partial charge is 0.449 e. The smallest absolute Gasteiger partial charge is 0.331 e. The highest BCUT2D eigenvalue weighted by Crippen LogP contribution is 1.94. The van der Waals surface area contributed by atoms with Gasteiger partial charge in [0.2, 0.25) is 0 Å². The molecule has 0 aliphatic heterocycles. The molecule has 0 aliphatic rings. The minimum atomic E-state index is -0.361. The molecule has 0 spiro atoms. The van der Waals surface area contributed by atoms with Crippen molar-refractivity contribution in [2.24, 2.45) is 0 Å². The van der Waals surface area contributed by atoms with Crippen molar-refractivity contribution >= 4 is 5.97 Å². The van der Waals surface area contributed by atoms with Gasteiger partial charge in [0.05, 0.1) is 0 Å². The second-order valence-corrected chi connectivity index (χ2v) is 2.78. The lowest BCUT2D eigenvalue weighted by molar-refractivity contribution is -0.136. The van der Waals surface area contributed by atoms with Gasteiger partial charge >= 0.3 is 5.97 Å². The summed E-state index contributed by atoms with van der Waals surface area (Å²) in [4.78, 5) is 10.9. The molecule has 0 N–H and O–H groups in total. The second kappa shape index (κ2) is 6.44. The van der Waals surface area contributed by atoms with Gasteiger partial charge in [-0.15, -0.1) is 0 Å². The molecule has 0 unspecified atom stereocenters. The molecule has 0 atom stereocenters. The van der Waals surface area contributed by atoms with Crippen molar-refractivity contribution in [1.82, 2.24) is 0 Å². The van der Waals surface area contributed by atoms with Crippen LogP contribution in [0.5, 0.6) is 0 Å². The molecule has 76 valence electrons. The second-order valence-electron chi connectivity index (χ2n) is 2.78. The molecule has 1 aromatic carbocycles. The van der Waals surface area contributed by atoms with E-state index in [1.807, 2.05) is 30.3 Å². The van der Waals surface area contributed by atoms with E-state index in [1.165, 1.54) is 6.08 Å². The summed E-state index contributed by atoms with van der Waals surface area (Å²) in [6.45, 7) is 1.88. The number of hydrogen-bond acceptors (Lipinski definition) is 2. The zero-order valence-corrected chi connectivity index (χ0v) is 8.57. The fourth-order valence-electron chi connectivity index (χ4n) is 0.951. The van der Waals surface area contributed by atoms with Crippen LogP contribution < -0.4 is 0 Å². The van der Waals surface area contributed by atoms with Gasteiger partial charge in [-0.05, 0) is 19.1 Å². The van der Waals surface area contributed by atoms with E-state index in [-0.39, 0.29) is 12.6 Å². The van der Waals surface area contributed by atoms with E-state index in [9.17, 15) is 4.79 Å². The lowest BCUT2D eigenvalue weighted by atomic mass is 10.2. The highest BCUT2D eigenvalue weighted by atomic mass is 16.5. The molecule has 0 fully saturated rings. The molecule has 0 saturated carbocycles. The number of carbonyl (C=O) groups excluding carboxylic acids is 1. The molecule has 0 heterocycles. The average Bonchev–Trinajstić information content (AvgIpc) is 2.26. The third-order valence-electron chi connectivity index (χ3n) is 1.60. The van der Waals surface area contributed by atoms with Gasteiger partial charge in [0.1, 0.15) is 0 Å². The van der Waals surface area contributed by atoms with E-state index in [0.29, 0.717) is 0 Å². The summed E-state index contributed by atoms with van der Waals surface area (Å²) >= 11 is 0. The molecule has 0 bridgehead atoms. The molecule has 0 aliphatic carbocycles. The molecule has 0 amide bonds. The Balaban J connectivity index is 2.38. The Hall–Kier alpha value is -2.01. The van der Waals surface area contributed by atoms with E-state index < -0.39 is 0 Å². The van der Waals surface area contributed by atoms with Crippen LogP contribution >= 0.6 is 0 Å². The van der Waals surface area contributed by atoms with Crippen molar-refractivity contribution in [2.75, 3.05) is 6.61 Å². The number of benzene rings is 1. The van der Waals surface area contributed by atoms with Crippen LogP contribution in [0.4, 0.5) is 0 Å². The summed E-state index contributed by atoms with van der Waals surface area (Å²) in [6.07, 6.45) is 3.00. The van der Waals surface area contributed by atoms with Crippen molar-refractivity contribution in [1.29, 1.82) is 0 Å². The zero-order valence-electron chi connectivity index (χ0n) is 8.57. The van der Waals surface area contributed by atoms with E-state index in [2.05, 4.69) is 11.8 Å². The fourth-order valence-corrected chi connectivity index (χ4v) is 0.951. The maximum Gasteiger partial charge on any atom is 0.331 e. The minimum Gasteiger partial charge on any atom is -0.449 e. The van der Waals surface area contributed by atoms with Gasteiger partial charge in [0.15, 0.2) is 6.61 Å². The van der Waals surface area contributed by atoms with Crippen molar-refractivity contribution < 1.29 is 9.53 Å². The maximum absolute atomic E-state index is 10.9. The van der Waals surface area contributed by atoms with Gasteiger partial charge in [-0.25, -0.2) is 4.79 Å². The predicted octanol–water partition coefficient (Wildman–Crippen LogP) is 2.16. The number of ether oxygens (including phenoxy) is 1. The Morgan fingerprint density at radius 3 is 2.80 bits per heavy atom. The summed E-state index contributed by atoms with van der Waals surface area (Å²) < 4.78 is 4.80. The molecule has 1 rings (SSSR count). The van der Waals surface area contributed by atoms with Crippen LogP contribution in [0.25, 0.3) is 0 Å². The molecule has 2 heteroatoms. The summed E-state index contributed by atoms with van der Waals surface area (Å²) in [5.41, 5.74) is 0.916. The van der Waals surface area contributed by atoms with E-state index in [0.717, 1.165) is 5.56 Å². The van der Waals surface area contributed by atoms with Crippen LogP contribution in [-0.2, 0) is 9.53 Å². The summed E-state index contributed by atoms with van der Waals surface area (Å²) in [7, 11) is 0. The fraction of sp³-hybridized carbons (Fsp3) is 0.154. The van der Waals surface area contributed by atoms with Crippen LogP contribution in [0.15, 0.2) is 42.5 Å². The van der Waals surface area contributed by atoms with Crippen molar-refractivity contribution in [3.63, 3.8) is 0 Å². The van der Waals surface area contributed by atoms with E-state index >= 15 is 0 Å². The number of hydrogen-bond donors (Lipinski definition) is 0. The zero-order chi connectivity index (χ0) is 10.9. The molecule has 15 heavy (non-hydrogen) atoms. The third-order valence-corrected chi connectivity index (χ3v) is 1.60. The monoisotopic (exact) mass is 200 g/mol. The van der Waals surface area contributed by atoms with Gasteiger partial charge in [-0.3, -0.25) is 0 Å². The lowest BCUT2D eigenvalue weighted by Crippen LogP contribution is -1.99. The topological polar surface area (TPSA) is 26.3 Å². The summed E-state index contributed by atoms with van der Waals surface area (Å²) in [5.74, 6) is 5.29. The first-order chi connectivity index (χ1) is 7.33. The van der Waals surface area contributed by atoms with Crippen LogP contribution in [0.3, 0.4) is 0 Å². The van der Waals surface area contributed by atoms with Crippen molar-refractivity contribution in [2.45, 2.75) is 6.92 Å². The first-order valence-corrected chi connectivity index (χ1v) is 4.66. The molecule has 0 radical (unpaired) electrons. The molecular weight excluding hydrogens is 188 g/mol. The Morgan fingerprint density at radius 1 is 1.40 bits per heavy atom. The first kappa shape index (κ1) is 11.1. The Bertz CT molecular complexity index is 394. The molecule has 0 saturated heterocycles. The standard InChI is InChI=1S/C13H12O2/c1-2-7-13(14)15-11-6-10-12-8-4-3-5-9-12/h2-5,7-9H,11H2,1H3/b7-2+. The van der Waals surface area contributed by atoms with E-state index in [1.54, 1.807) is 13.0 Å². The lowest BCUT2D eigenvalue weighted by Gasteiger charge is -1.93. The highest BCUT2D eigenvalue weighted by Gasteiger charge is 1.91. The van der Waals surface area contributed by atoms with Crippen LogP contribution in [0.1, 0.15) is 12.5 Å². The number of rotatable bonds is 2. The number of esters is 1. The van der Waals surface area contributed by atoms with Gasteiger partial charge in [-0.1, -0.05) is 36.1 Å². The van der Waals surface area contributed by atoms with E-state index in [4.69, 9.17) is 4.74 Å². The van der Waals surface area contributed by atoms with Gasteiger partial charge < -0.3 is 4.74 Å². The number of carbonyl (C=O) groups is 1. The number of allylic oxidation sites excluding steroid dienone is 1. The molecule has 1 aromatic rings. The molecule has 0 aromatic heterocycles. The van der Waals surface area contributed by atoms with Gasteiger partial charge in [-0.2, -0.15) is 0 Å². The summed E-state index contributed by atoms with van der Waals surface area (Å²) in [5, 5.41) is 0. The van der Waals surface area contributed by atoms with Gasteiger partial charge in [0.25, 0.3) is 0 Å². The maximum atomic E-state index is 10.9. The molecule has 2 nitrogen and oxygen atoms in total. The molecular formula is C13H12O2. The Kier molecular flexibility index (Phi) is 4.75. The first-order valence-electron chi connectivity index (χ1n) is 4.66. The Morgan fingerprint density at radius 2 is 2.13 bits per heavy atom. The van der Waals surface area contributed by atoms with Crippen LogP contribution in [0, 0.1) is 11.8 Å². The van der Waals surface area contributed by atoms with Crippen LogP contribution in [0.2, 0.25) is 0 Å². The van der Waals surface area contributed by atoms with Crippen molar-refractivity contribution in [3.8, 4) is 11.8 Å². The van der Waals surface area contributed by atoms with Crippen molar-refractivity contribution in [3.05, 3.63) is 48.0 Å². The van der Waals surface area contributed by atoms with Crippen LogP contribution in [-0.4, -0.2) is 12.6 Å². The highest BCUT2D eigenvalue weighted by molar-refractivity contribution is 5.81. The van der Waals surface area contributed by atoms with Gasteiger partial charge in [0, 0.05) is 11.6 Å². The normalized spacial score (nSPS) is 9.40. The minimum absolute atomic E-state index is 0.123. The predicted molar refractivity (Wildman–Crippen MR) is 59.1 cm³/mol. The summed E-state index contributed by atoms with van der Waals surface area (Å²) in [6, 6.07) is 9.56.